The maximum absolute atomic E-state index is 11.7. The summed E-state index contributed by atoms with van der Waals surface area (Å²) in [6.07, 6.45) is 1.18. The fraction of sp³-hybridized carbons (Fsp3) is 0.857. The molecule has 104 valence electrons. The molecule has 0 spiro atoms. The Hall–Kier alpha value is -1.24. The third-order valence-corrected chi connectivity index (χ3v) is 2.79. The van der Waals surface area contributed by atoms with Crippen molar-refractivity contribution in [3.63, 3.8) is 0 Å². The van der Waals surface area contributed by atoms with Crippen LogP contribution in [0.25, 0.3) is 0 Å². The first-order valence-electron chi connectivity index (χ1n) is 6.65. The predicted octanol–water partition coefficient (Wildman–Crippen LogP) is 3.57. The van der Waals surface area contributed by atoms with Crippen LogP contribution in [0.4, 0.5) is 4.79 Å². The lowest BCUT2D eigenvalue weighted by atomic mass is 9.82. The van der Waals surface area contributed by atoms with Crippen molar-refractivity contribution in [3.8, 4) is 6.07 Å². The second-order valence-corrected chi connectivity index (χ2v) is 5.64. The van der Waals surface area contributed by atoms with E-state index < -0.39 is 5.60 Å². The molecule has 1 saturated heterocycles. The van der Waals surface area contributed by atoms with Crippen molar-refractivity contribution in [1.82, 2.24) is 4.90 Å². The number of amides is 1. The van der Waals surface area contributed by atoms with Crippen molar-refractivity contribution in [2.45, 2.75) is 60.0 Å². The van der Waals surface area contributed by atoms with E-state index in [4.69, 9.17) is 10.00 Å². The number of piperidine rings is 1. The number of carbonyl (C=O) groups is 1. The third kappa shape index (κ3) is 5.39. The highest BCUT2D eigenvalue weighted by Crippen LogP contribution is 2.30. The molecule has 0 atom stereocenters. The lowest BCUT2D eigenvalue weighted by molar-refractivity contribution is 0.0159. The van der Waals surface area contributed by atoms with Crippen molar-refractivity contribution < 1.29 is 9.53 Å². The van der Waals surface area contributed by atoms with Crippen LogP contribution in [0.5, 0.6) is 0 Å². The first-order chi connectivity index (χ1) is 8.26. The fourth-order valence-electron chi connectivity index (χ4n) is 1.62. The van der Waals surface area contributed by atoms with Gasteiger partial charge in [0.1, 0.15) is 5.60 Å². The van der Waals surface area contributed by atoms with Crippen LogP contribution < -0.4 is 0 Å². The van der Waals surface area contributed by atoms with E-state index in [0.29, 0.717) is 13.1 Å². The average Bonchev–Trinajstić information content (AvgIpc) is 2.30. The molecule has 1 heterocycles. The van der Waals surface area contributed by atoms with Crippen LogP contribution in [0, 0.1) is 16.7 Å². The molecular formula is C14H26N2O2. The molecule has 4 heteroatoms. The van der Waals surface area contributed by atoms with E-state index in [1.165, 1.54) is 0 Å². The summed E-state index contributed by atoms with van der Waals surface area (Å²) in [5.41, 5.74) is -0.731. The van der Waals surface area contributed by atoms with Gasteiger partial charge in [-0.3, -0.25) is 0 Å². The monoisotopic (exact) mass is 254 g/mol. The first kappa shape index (κ1) is 16.8. The Morgan fingerprint density at radius 1 is 1.28 bits per heavy atom. The van der Waals surface area contributed by atoms with Gasteiger partial charge in [-0.15, -0.1) is 0 Å². The predicted molar refractivity (Wildman–Crippen MR) is 72.1 cm³/mol. The van der Waals surface area contributed by atoms with Gasteiger partial charge in [0.15, 0.2) is 0 Å². The highest BCUT2D eigenvalue weighted by molar-refractivity contribution is 5.68. The number of ether oxygens (including phenoxy) is 1. The lowest BCUT2D eigenvalue weighted by Gasteiger charge is -2.35. The molecule has 1 amide bonds. The molecule has 0 N–H and O–H groups in total. The van der Waals surface area contributed by atoms with Crippen LogP contribution in [0.3, 0.4) is 0 Å². The van der Waals surface area contributed by atoms with Crippen LogP contribution in [0.2, 0.25) is 0 Å². The normalized spacial score (nSPS) is 18.2. The smallest absolute Gasteiger partial charge is 0.410 e. The molecule has 0 unspecified atom stereocenters. The number of rotatable bonds is 0. The Morgan fingerprint density at radius 2 is 1.72 bits per heavy atom. The largest absolute Gasteiger partial charge is 0.444 e. The maximum Gasteiger partial charge on any atom is 0.410 e. The molecule has 0 aromatic rings. The molecule has 4 nitrogen and oxygen atoms in total. The highest BCUT2D eigenvalue weighted by atomic mass is 16.6. The summed E-state index contributed by atoms with van der Waals surface area (Å²) in [7, 11) is 0. The van der Waals surface area contributed by atoms with Gasteiger partial charge in [0.2, 0.25) is 0 Å². The lowest BCUT2D eigenvalue weighted by Crippen LogP contribution is -2.44. The molecule has 0 aromatic carbocycles. The molecule has 0 radical (unpaired) electrons. The minimum absolute atomic E-state index is 0.271. The standard InChI is InChI=1S/C12H20N2O2.C2H6/c1-11(2,3)16-10(15)14-7-5-12(4,9-13)6-8-14;1-2/h5-8H2,1-4H3;1-2H3. The molecule has 1 aliphatic rings. The van der Waals surface area contributed by atoms with Gasteiger partial charge < -0.3 is 9.64 Å². The zero-order chi connectivity index (χ0) is 14.4. The molecule has 0 saturated carbocycles. The Morgan fingerprint density at radius 3 is 2.06 bits per heavy atom. The van der Waals surface area contributed by atoms with Gasteiger partial charge in [-0.05, 0) is 40.5 Å². The number of hydrogen-bond acceptors (Lipinski definition) is 3. The summed E-state index contributed by atoms with van der Waals surface area (Å²) in [6, 6.07) is 2.31. The topological polar surface area (TPSA) is 53.3 Å². The highest BCUT2D eigenvalue weighted by Gasteiger charge is 2.33. The van der Waals surface area contributed by atoms with Crippen molar-refractivity contribution in [1.29, 1.82) is 5.26 Å². The van der Waals surface area contributed by atoms with Crippen molar-refractivity contribution in [2.24, 2.45) is 5.41 Å². The van der Waals surface area contributed by atoms with Crippen molar-refractivity contribution >= 4 is 6.09 Å². The Labute approximate surface area is 111 Å². The van der Waals surface area contributed by atoms with E-state index in [9.17, 15) is 4.79 Å². The minimum atomic E-state index is -0.451. The van der Waals surface area contributed by atoms with Gasteiger partial charge in [-0.2, -0.15) is 5.26 Å². The Balaban J connectivity index is 0.00000137. The number of likely N-dealkylation sites (tertiary alicyclic amines) is 1. The van der Waals surface area contributed by atoms with Crippen molar-refractivity contribution in [3.05, 3.63) is 0 Å². The Kier molecular flexibility index (Phi) is 6.17. The van der Waals surface area contributed by atoms with E-state index in [0.717, 1.165) is 12.8 Å². The fourth-order valence-corrected chi connectivity index (χ4v) is 1.62. The molecule has 1 fully saturated rings. The van der Waals surface area contributed by atoms with Crippen LogP contribution >= 0.6 is 0 Å². The summed E-state index contributed by atoms with van der Waals surface area (Å²) in [5.74, 6) is 0. The van der Waals surface area contributed by atoms with E-state index in [1.54, 1.807) is 4.90 Å². The second kappa shape index (κ2) is 6.63. The van der Waals surface area contributed by atoms with Gasteiger partial charge in [-0.1, -0.05) is 13.8 Å². The van der Waals surface area contributed by atoms with E-state index in [1.807, 2.05) is 41.5 Å². The van der Waals surface area contributed by atoms with Gasteiger partial charge in [0.05, 0.1) is 11.5 Å². The summed E-state index contributed by atoms with van der Waals surface area (Å²) in [5, 5.41) is 8.98. The molecule has 0 bridgehead atoms. The minimum Gasteiger partial charge on any atom is -0.444 e. The quantitative estimate of drug-likeness (QED) is 0.664. The molecular weight excluding hydrogens is 228 g/mol. The molecule has 1 rings (SSSR count). The summed E-state index contributed by atoms with van der Waals surface area (Å²) in [6.45, 7) is 12.7. The zero-order valence-electron chi connectivity index (χ0n) is 12.5. The van der Waals surface area contributed by atoms with Gasteiger partial charge in [-0.25, -0.2) is 4.79 Å². The van der Waals surface area contributed by atoms with Crippen LogP contribution in [-0.2, 0) is 4.74 Å². The number of carbonyl (C=O) groups excluding carboxylic acids is 1. The number of nitrogens with zero attached hydrogens (tertiary/aromatic N) is 2. The van der Waals surface area contributed by atoms with E-state index in [2.05, 4.69) is 6.07 Å². The van der Waals surface area contributed by atoms with Crippen LogP contribution in [0.1, 0.15) is 54.4 Å². The van der Waals surface area contributed by atoms with E-state index >= 15 is 0 Å². The van der Waals surface area contributed by atoms with E-state index in [-0.39, 0.29) is 11.5 Å². The summed E-state index contributed by atoms with van der Waals surface area (Å²) >= 11 is 0. The van der Waals surface area contributed by atoms with Crippen LogP contribution in [0.15, 0.2) is 0 Å². The van der Waals surface area contributed by atoms with Gasteiger partial charge in [0, 0.05) is 13.1 Å². The summed E-state index contributed by atoms with van der Waals surface area (Å²) in [4.78, 5) is 13.4. The van der Waals surface area contributed by atoms with Crippen molar-refractivity contribution in [2.75, 3.05) is 13.1 Å². The second-order valence-electron chi connectivity index (χ2n) is 5.64. The number of nitriles is 1. The number of hydrogen-bond donors (Lipinski definition) is 0. The summed E-state index contributed by atoms with van der Waals surface area (Å²) < 4.78 is 5.28. The molecule has 18 heavy (non-hydrogen) atoms. The third-order valence-electron chi connectivity index (χ3n) is 2.79. The maximum atomic E-state index is 11.7. The van der Waals surface area contributed by atoms with Gasteiger partial charge >= 0.3 is 6.09 Å². The molecule has 0 aliphatic carbocycles. The Bertz CT molecular complexity index is 305. The average molecular weight is 254 g/mol. The molecule has 0 aromatic heterocycles. The van der Waals surface area contributed by atoms with Crippen LogP contribution in [-0.4, -0.2) is 29.7 Å². The van der Waals surface area contributed by atoms with Gasteiger partial charge in [0.25, 0.3) is 0 Å². The zero-order valence-corrected chi connectivity index (χ0v) is 12.5. The first-order valence-corrected chi connectivity index (χ1v) is 6.65. The molecule has 1 aliphatic heterocycles. The SMILES string of the molecule is CC.CC1(C#N)CCN(C(=O)OC(C)(C)C)CC1.